The Kier molecular flexibility index (Phi) is 7.95. The van der Waals surface area contributed by atoms with E-state index in [0.717, 1.165) is 25.7 Å². The first kappa shape index (κ1) is 25.7. The minimum atomic E-state index is -0.674. The number of anilines is 1. The Hall–Kier alpha value is -3.37. The molecule has 0 saturated carbocycles. The number of nitrogens with zero attached hydrogens (tertiary/aromatic N) is 4. The number of H-pyrrole nitrogens is 1. The Balaban J connectivity index is 1.36. The summed E-state index contributed by atoms with van der Waals surface area (Å²) in [5.74, 6) is 0.633. The molecule has 0 spiro atoms. The Labute approximate surface area is 209 Å². The number of aromatic nitrogens is 2. The molecular formula is C25H35FN6O4. The molecule has 10 nitrogen and oxygen atoms in total. The number of urea groups is 1. The van der Waals surface area contributed by atoms with Crippen LogP contribution < -0.4 is 15.6 Å². The van der Waals surface area contributed by atoms with Crippen LogP contribution in [0.2, 0.25) is 0 Å². The van der Waals surface area contributed by atoms with Crippen LogP contribution in [0.3, 0.4) is 0 Å². The van der Waals surface area contributed by atoms with Crippen molar-refractivity contribution in [2.24, 2.45) is 11.8 Å². The third-order valence-corrected chi connectivity index (χ3v) is 7.11. The van der Waals surface area contributed by atoms with Gasteiger partial charge in [-0.15, -0.1) is 0 Å². The Morgan fingerprint density at radius 1 is 1.11 bits per heavy atom. The van der Waals surface area contributed by atoms with Crippen molar-refractivity contribution in [1.29, 1.82) is 0 Å². The van der Waals surface area contributed by atoms with Crippen molar-refractivity contribution in [3.8, 4) is 5.75 Å². The number of rotatable bonds is 6. The number of hydrogen-bond acceptors (Lipinski definition) is 6. The maximum absolute atomic E-state index is 14.7. The first-order valence-electron chi connectivity index (χ1n) is 12.5. The molecule has 3 amide bonds. The van der Waals surface area contributed by atoms with E-state index in [-0.39, 0.29) is 34.7 Å². The van der Waals surface area contributed by atoms with Crippen LogP contribution in [0, 0.1) is 17.7 Å². The second kappa shape index (κ2) is 11.1. The van der Waals surface area contributed by atoms with Crippen LogP contribution in [0.15, 0.2) is 16.9 Å². The molecule has 0 atom stereocenters. The predicted molar refractivity (Wildman–Crippen MR) is 135 cm³/mol. The van der Waals surface area contributed by atoms with E-state index in [4.69, 9.17) is 4.74 Å². The van der Waals surface area contributed by atoms with Gasteiger partial charge in [-0.05, 0) is 37.5 Å². The van der Waals surface area contributed by atoms with Crippen molar-refractivity contribution in [3.63, 3.8) is 0 Å². The van der Waals surface area contributed by atoms with Crippen LogP contribution in [0.25, 0.3) is 10.9 Å². The SMILES string of the molecule is CC(=O)N1CCC(COc2cc(F)c3c(=O)[nH]c(NCC4CCN(C(=O)N(C)C)CC4)nc3c2)CC1. The van der Waals surface area contributed by atoms with Crippen molar-refractivity contribution in [3.05, 3.63) is 28.3 Å². The van der Waals surface area contributed by atoms with Crippen LogP contribution >= 0.6 is 0 Å². The minimum absolute atomic E-state index is 0.0171. The molecule has 0 radical (unpaired) electrons. The number of aromatic amines is 1. The molecule has 0 bridgehead atoms. The zero-order chi connectivity index (χ0) is 25.8. The molecule has 0 unspecified atom stereocenters. The zero-order valence-corrected chi connectivity index (χ0v) is 21.2. The van der Waals surface area contributed by atoms with E-state index < -0.39 is 11.4 Å². The smallest absolute Gasteiger partial charge is 0.319 e. The highest BCUT2D eigenvalue weighted by atomic mass is 19.1. The fourth-order valence-electron chi connectivity index (χ4n) is 4.85. The van der Waals surface area contributed by atoms with Crippen molar-refractivity contribution < 1.29 is 18.7 Å². The summed E-state index contributed by atoms with van der Waals surface area (Å²) in [6.07, 6.45) is 3.37. The second-order valence-corrected chi connectivity index (χ2v) is 9.96. The van der Waals surface area contributed by atoms with E-state index in [0.29, 0.717) is 51.0 Å². The summed E-state index contributed by atoms with van der Waals surface area (Å²) in [6, 6.07) is 2.83. The number of carbonyl (C=O) groups excluding carboxylic acids is 2. The molecular weight excluding hydrogens is 467 g/mol. The molecule has 11 heteroatoms. The van der Waals surface area contributed by atoms with Gasteiger partial charge in [-0.2, -0.15) is 0 Å². The normalized spacial score (nSPS) is 17.3. The fourth-order valence-corrected chi connectivity index (χ4v) is 4.85. The Bertz CT molecular complexity index is 1150. The van der Waals surface area contributed by atoms with Gasteiger partial charge in [0.1, 0.15) is 17.0 Å². The lowest BCUT2D eigenvalue weighted by Crippen LogP contribution is -2.44. The molecule has 1 aromatic heterocycles. The van der Waals surface area contributed by atoms with Gasteiger partial charge in [0.15, 0.2) is 0 Å². The molecule has 2 aliphatic heterocycles. The van der Waals surface area contributed by atoms with Crippen LogP contribution in [0.1, 0.15) is 32.6 Å². The van der Waals surface area contributed by atoms with Crippen LogP contribution in [0.4, 0.5) is 15.1 Å². The average molecular weight is 503 g/mol. The van der Waals surface area contributed by atoms with Crippen LogP contribution in [0.5, 0.6) is 5.75 Å². The number of carbonyl (C=O) groups is 2. The molecule has 3 heterocycles. The quantitative estimate of drug-likeness (QED) is 0.628. The number of hydrogen-bond donors (Lipinski definition) is 2. The number of benzene rings is 1. The van der Waals surface area contributed by atoms with Gasteiger partial charge in [0.05, 0.1) is 12.1 Å². The topological polar surface area (TPSA) is 111 Å². The van der Waals surface area contributed by atoms with Gasteiger partial charge >= 0.3 is 6.03 Å². The third-order valence-electron chi connectivity index (χ3n) is 7.11. The largest absolute Gasteiger partial charge is 0.493 e. The van der Waals surface area contributed by atoms with Crippen LogP contribution in [-0.2, 0) is 4.79 Å². The van der Waals surface area contributed by atoms with E-state index in [1.54, 1.807) is 32.0 Å². The first-order chi connectivity index (χ1) is 17.2. The third kappa shape index (κ3) is 6.06. The van der Waals surface area contributed by atoms with Gasteiger partial charge in [-0.1, -0.05) is 0 Å². The maximum Gasteiger partial charge on any atom is 0.319 e. The predicted octanol–water partition coefficient (Wildman–Crippen LogP) is 2.51. The summed E-state index contributed by atoms with van der Waals surface area (Å²) in [6.45, 7) is 5.36. The van der Waals surface area contributed by atoms with E-state index in [9.17, 15) is 18.8 Å². The van der Waals surface area contributed by atoms with Gasteiger partial charge in [-0.25, -0.2) is 14.2 Å². The first-order valence-corrected chi connectivity index (χ1v) is 12.5. The molecule has 2 saturated heterocycles. The van der Waals surface area contributed by atoms with E-state index in [2.05, 4.69) is 15.3 Å². The number of nitrogens with one attached hydrogen (secondary N) is 2. The molecule has 196 valence electrons. The number of ether oxygens (including phenoxy) is 1. The lowest BCUT2D eigenvalue weighted by atomic mass is 9.97. The molecule has 2 fully saturated rings. The summed E-state index contributed by atoms with van der Waals surface area (Å²) >= 11 is 0. The van der Waals surface area contributed by atoms with Gasteiger partial charge in [-0.3, -0.25) is 14.6 Å². The zero-order valence-electron chi connectivity index (χ0n) is 21.2. The number of fused-ring (bicyclic) bond motifs is 1. The molecule has 2 N–H and O–H groups in total. The van der Waals surface area contributed by atoms with Crippen molar-refractivity contribution in [1.82, 2.24) is 24.7 Å². The molecule has 2 aliphatic rings. The lowest BCUT2D eigenvalue weighted by molar-refractivity contribution is -0.130. The van der Waals surface area contributed by atoms with Crippen molar-refractivity contribution in [2.75, 3.05) is 58.7 Å². The summed E-state index contributed by atoms with van der Waals surface area (Å²) in [5, 5.41) is 3.08. The van der Waals surface area contributed by atoms with Gasteiger partial charge in [0.2, 0.25) is 11.9 Å². The molecule has 36 heavy (non-hydrogen) atoms. The van der Waals surface area contributed by atoms with Crippen LogP contribution in [-0.4, -0.2) is 90.0 Å². The molecule has 4 rings (SSSR count). The fraction of sp³-hybridized carbons (Fsp3) is 0.600. The monoisotopic (exact) mass is 502 g/mol. The molecule has 2 aromatic rings. The highest BCUT2D eigenvalue weighted by Crippen LogP contribution is 2.24. The Morgan fingerprint density at radius 3 is 2.39 bits per heavy atom. The highest BCUT2D eigenvalue weighted by Gasteiger charge is 2.24. The summed E-state index contributed by atoms with van der Waals surface area (Å²) in [4.78, 5) is 48.5. The molecule has 1 aromatic carbocycles. The summed E-state index contributed by atoms with van der Waals surface area (Å²) in [7, 11) is 3.49. The number of amides is 3. The summed E-state index contributed by atoms with van der Waals surface area (Å²) < 4.78 is 20.6. The second-order valence-electron chi connectivity index (χ2n) is 9.96. The van der Waals surface area contributed by atoms with Gasteiger partial charge in [0, 0.05) is 65.9 Å². The van der Waals surface area contributed by atoms with Gasteiger partial charge in [0.25, 0.3) is 5.56 Å². The minimum Gasteiger partial charge on any atom is -0.493 e. The van der Waals surface area contributed by atoms with E-state index in [1.807, 2.05) is 9.80 Å². The van der Waals surface area contributed by atoms with Crippen molar-refractivity contribution >= 4 is 28.8 Å². The highest BCUT2D eigenvalue weighted by molar-refractivity contribution is 5.80. The van der Waals surface area contributed by atoms with E-state index in [1.165, 1.54) is 6.07 Å². The number of piperidine rings is 2. The van der Waals surface area contributed by atoms with Crippen molar-refractivity contribution in [2.45, 2.75) is 32.6 Å². The average Bonchev–Trinajstić information content (AvgIpc) is 2.86. The molecule has 0 aliphatic carbocycles. The lowest BCUT2D eigenvalue weighted by Gasteiger charge is -2.33. The van der Waals surface area contributed by atoms with Gasteiger partial charge < -0.3 is 24.8 Å². The number of halogens is 1. The Morgan fingerprint density at radius 2 is 1.75 bits per heavy atom. The summed E-state index contributed by atoms with van der Waals surface area (Å²) in [5.41, 5.74) is -0.316. The standard InChI is InChI=1S/C25H35FN6O4/c1-16(33)31-8-6-18(7-9-31)15-36-19-12-20(26)22-21(13-19)28-24(29-23(22)34)27-14-17-4-10-32(11-5-17)25(35)30(2)3/h12-13,17-18H,4-11,14-15H2,1-3H3,(H2,27,28,29,34). The number of likely N-dealkylation sites (tertiary alicyclic amines) is 2. The van der Waals surface area contributed by atoms with E-state index >= 15 is 0 Å². The maximum atomic E-state index is 14.7.